The summed E-state index contributed by atoms with van der Waals surface area (Å²) in [7, 11) is 0. The highest BCUT2D eigenvalue weighted by atomic mass is 16.5. The quantitative estimate of drug-likeness (QED) is 0.581. The maximum atomic E-state index is 11.6. The molecule has 1 saturated carbocycles. The fourth-order valence-corrected chi connectivity index (χ4v) is 4.02. The molecule has 0 spiro atoms. The number of hydrogen-bond donors (Lipinski definition) is 3. The second-order valence-electron chi connectivity index (χ2n) is 8.46. The number of benzene rings is 1. The molecule has 1 amide bonds. The summed E-state index contributed by atoms with van der Waals surface area (Å²) in [6.45, 7) is 4.04. The van der Waals surface area contributed by atoms with Crippen LogP contribution in [-0.2, 0) is 9.53 Å². The molecule has 1 aromatic heterocycles. The van der Waals surface area contributed by atoms with Crippen molar-refractivity contribution in [1.29, 1.82) is 5.41 Å². The number of carbonyl (C=O) groups excluding carboxylic acids is 1. The Hall–Kier alpha value is -2.87. The van der Waals surface area contributed by atoms with Crippen molar-refractivity contribution in [2.75, 3.05) is 19.8 Å². The largest absolute Gasteiger partial charge is 0.488 e. The van der Waals surface area contributed by atoms with E-state index in [-0.39, 0.29) is 17.9 Å². The molecule has 2 aliphatic heterocycles. The zero-order chi connectivity index (χ0) is 20.7. The summed E-state index contributed by atoms with van der Waals surface area (Å²) < 4.78 is 13.8. The molecule has 5 rings (SSSR count). The third-order valence-electron chi connectivity index (χ3n) is 6.16. The number of amides is 1. The summed E-state index contributed by atoms with van der Waals surface area (Å²) in [6, 6.07) is 4.79. The second-order valence-corrected chi connectivity index (χ2v) is 8.46. The standard InChI is InChI=1S/C22H27N5O3/c1-13(15-6-21(28)25-8-15)30-20-5-14(16(7-23)9-24-17-10-29-11-17)4-19-22(20)27(12-26-19)18-2-3-18/h4-5,7,9,12-13,15,17-18,23-24H,2-3,6,8,10-11H2,1H3,(H,25,28)/b16-9+,23-7?/t13-,15-/m1/s1. The number of rotatable bonds is 8. The Bertz CT molecular complexity index is 1010. The average Bonchev–Trinajstić information content (AvgIpc) is 3.30. The van der Waals surface area contributed by atoms with Crippen LogP contribution in [0, 0.1) is 11.3 Å². The number of nitrogens with zero attached hydrogens (tertiary/aromatic N) is 2. The molecular formula is C22H27N5O3. The van der Waals surface area contributed by atoms with E-state index >= 15 is 0 Å². The van der Waals surface area contributed by atoms with Gasteiger partial charge < -0.3 is 30.1 Å². The molecule has 2 saturated heterocycles. The lowest BCUT2D eigenvalue weighted by atomic mass is 10.0. The molecule has 158 valence electrons. The van der Waals surface area contributed by atoms with Crippen LogP contribution >= 0.6 is 0 Å². The molecule has 0 unspecified atom stereocenters. The van der Waals surface area contributed by atoms with Gasteiger partial charge in [-0.1, -0.05) is 0 Å². The zero-order valence-corrected chi connectivity index (χ0v) is 17.1. The van der Waals surface area contributed by atoms with Crippen molar-refractivity contribution in [2.45, 2.75) is 44.4 Å². The number of imidazole rings is 1. The first-order valence-electron chi connectivity index (χ1n) is 10.6. The first kappa shape index (κ1) is 19.1. The van der Waals surface area contributed by atoms with Gasteiger partial charge in [0.25, 0.3) is 0 Å². The molecule has 8 heteroatoms. The lowest BCUT2D eigenvalue weighted by Crippen LogP contribution is -2.43. The summed E-state index contributed by atoms with van der Waals surface area (Å²) in [5.74, 6) is 0.988. The lowest BCUT2D eigenvalue weighted by Gasteiger charge is -2.26. The minimum absolute atomic E-state index is 0.0810. The van der Waals surface area contributed by atoms with Gasteiger partial charge in [-0.2, -0.15) is 0 Å². The van der Waals surface area contributed by atoms with E-state index in [2.05, 4.69) is 20.2 Å². The van der Waals surface area contributed by atoms with E-state index in [0.717, 1.165) is 40.8 Å². The Morgan fingerprint density at radius 3 is 2.90 bits per heavy atom. The minimum atomic E-state index is -0.109. The highest BCUT2D eigenvalue weighted by molar-refractivity contribution is 6.09. The second kappa shape index (κ2) is 7.75. The molecule has 1 aliphatic carbocycles. The van der Waals surface area contributed by atoms with E-state index in [1.54, 1.807) is 0 Å². The van der Waals surface area contributed by atoms with Crippen LogP contribution in [-0.4, -0.2) is 53.6 Å². The Balaban J connectivity index is 1.49. The monoisotopic (exact) mass is 409 g/mol. The van der Waals surface area contributed by atoms with Gasteiger partial charge >= 0.3 is 0 Å². The first-order chi connectivity index (χ1) is 14.6. The van der Waals surface area contributed by atoms with Gasteiger partial charge in [0, 0.05) is 42.9 Å². The van der Waals surface area contributed by atoms with Gasteiger partial charge in [0.15, 0.2) is 0 Å². The van der Waals surface area contributed by atoms with Crippen LogP contribution in [0.25, 0.3) is 16.6 Å². The number of ether oxygens (including phenoxy) is 2. The Kier molecular flexibility index (Phi) is 4.94. The van der Waals surface area contributed by atoms with E-state index < -0.39 is 0 Å². The number of fused-ring (bicyclic) bond motifs is 1. The summed E-state index contributed by atoms with van der Waals surface area (Å²) >= 11 is 0. The molecule has 1 aromatic carbocycles. The number of hydrogen-bond acceptors (Lipinski definition) is 6. The van der Waals surface area contributed by atoms with Crippen LogP contribution in [0.1, 0.15) is 37.8 Å². The minimum Gasteiger partial charge on any atom is -0.488 e. The van der Waals surface area contributed by atoms with E-state index in [9.17, 15) is 4.79 Å². The first-order valence-corrected chi connectivity index (χ1v) is 10.6. The van der Waals surface area contributed by atoms with Gasteiger partial charge in [0.2, 0.25) is 5.91 Å². The topological polar surface area (TPSA) is 101 Å². The van der Waals surface area contributed by atoms with Crippen LogP contribution < -0.4 is 15.4 Å². The molecule has 3 heterocycles. The average molecular weight is 409 g/mol. The molecule has 2 aromatic rings. The van der Waals surface area contributed by atoms with Gasteiger partial charge in [-0.3, -0.25) is 4.79 Å². The molecule has 3 fully saturated rings. The molecule has 3 aliphatic rings. The smallest absolute Gasteiger partial charge is 0.220 e. The fraction of sp³-hybridized carbons (Fsp3) is 0.500. The Labute approximate surface area is 175 Å². The highest BCUT2D eigenvalue weighted by Crippen LogP contribution is 2.41. The fourth-order valence-electron chi connectivity index (χ4n) is 4.02. The van der Waals surface area contributed by atoms with Crippen LogP contribution in [0.2, 0.25) is 0 Å². The molecular weight excluding hydrogens is 382 g/mol. The zero-order valence-electron chi connectivity index (χ0n) is 17.1. The molecule has 3 N–H and O–H groups in total. The number of nitrogens with one attached hydrogen (secondary N) is 3. The maximum absolute atomic E-state index is 11.6. The highest BCUT2D eigenvalue weighted by Gasteiger charge is 2.30. The van der Waals surface area contributed by atoms with Gasteiger partial charge in [0.1, 0.15) is 17.4 Å². The molecule has 2 atom stereocenters. The van der Waals surface area contributed by atoms with Crippen molar-refractivity contribution in [2.24, 2.45) is 5.92 Å². The summed E-state index contributed by atoms with van der Waals surface area (Å²) in [6.07, 6.45) is 7.80. The van der Waals surface area contributed by atoms with Crippen molar-refractivity contribution in [3.63, 3.8) is 0 Å². The Morgan fingerprint density at radius 1 is 1.43 bits per heavy atom. The SMILES string of the molecule is C[C@@H](Oc1cc(/C(C=N)=C/NC2COC2)cc2ncn(C3CC3)c12)[C@H]1CNC(=O)C1. The van der Waals surface area contributed by atoms with Crippen molar-refractivity contribution in [3.8, 4) is 5.75 Å². The summed E-state index contributed by atoms with van der Waals surface area (Å²) in [5, 5.41) is 14.1. The van der Waals surface area contributed by atoms with Crippen LogP contribution in [0.15, 0.2) is 24.7 Å². The molecule has 30 heavy (non-hydrogen) atoms. The van der Waals surface area contributed by atoms with Gasteiger partial charge in [0.05, 0.1) is 31.1 Å². The van der Waals surface area contributed by atoms with Crippen LogP contribution in [0.3, 0.4) is 0 Å². The number of carbonyl (C=O) groups is 1. The normalized spacial score (nSPS) is 23.2. The predicted molar refractivity (Wildman–Crippen MR) is 114 cm³/mol. The van der Waals surface area contributed by atoms with Crippen molar-refractivity contribution < 1.29 is 14.3 Å². The van der Waals surface area contributed by atoms with Crippen LogP contribution in [0.4, 0.5) is 0 Å². The van der Waals surface area contributed by atoms with E-state index in [1.165, 1.54) is 6.21 Å². The summed E-state index contributed by atoms with van der Waals surface area (Å²) in [5.41, 5.74) is 3.51. The van der Waals surface area contributed by atoms with Crippen LogP contribution in [0.5, 0.6) is 5.75 Å². The third kappa shape index (κ3) is 3.67. The van der Waals surface area contributed by atoms with Crippen molar-refractivity contribution in [1.82, 2.24) is 20.2 Å². The lowest BCUT2D eigenvalue weighted by molar-refractivity contribution is -0.119. The van der Waals surface area contributed by atoms with Crippen molar-refractivity contribution >= 4 is 28.7 Å². The van der Waals surface area contributed by atoms with Gasteiger partial charge in [-0.05, 0) is 37.5 Å². The Morgan fingerprint density at radius 2 is 2.27 bits per heavy atom. The molecule has 0 radical (unpaired) electrons. The predicted octanol–water partition coefficient (Wildman–Crippen LogP) is 2.25. The number of aromatic nitrogens is 2. The molecule has 8 nitrogen and oxygen atoms in total. The maximum Gasteiger partial charge on any atom is 0.220 e. The van der Waals surface area contributed by atoms with E-state index in [0.29, 0.717) is 38.3 Å². The van der Waals surface area contributed by atoms with Gasteiger partial charge in [-0.15, -0.1) is 0 Å². The van der Waals surface area contributed by atoms with E-state index in [1.807, 2.05) is 31.6 Å². The third-order valence-corrected chi connectivity index (χ3v) is 6.16. The van der Waals surface area contributed by atoms with Crippen molar-refractivity contribution in [3.05, 3.63) is 30.2 Å². The number of allylic oxidation sites excluding steroid dienone is 1. The molecule has 0 bridgehead atoms. The summed E-state index contributed by atoms with van der Waals surface area (Å²) in [4.78, 5) is 16.3. The van der Waals surface area contributed by atoms with Gasteiger partial charge in [-0.25, -0.2) is 4.98 Å². The van der Waals surface area contributed by atoms with E-state index in [4.69, 9.17) is 14.9 Å².